The van der Waals surface area contributed by atoms with Crippen molar-refractivity contribution in [1.82, 2.24) is 20.3 Å². The standard InChI is InChI=1S/C28H44N4O6S/c1-4-18(3)39(37,38)31-27(36)28-16-21(28)11-9-7-6-8-10-12-22(29-24(33)20-13-14-20)26(35)32-17-19(5-2)15-23(32)25(34)30-28/h9,11,18-23H,4-8,10,12-17H2,1-3H3,(H,29,33)(H,30,34)(H,31,36)/b11-9-/t18?,19-,21-,22+,23+,28-/m1/s1. The lowest BCUT2D eigenvalue weighted by atomic mass is 10.0. The zero-order valence-electron chi connectivity index (χ0n) is 23.4. The fourth-order valence-electron chi connectivity index (χ4n) is 5.68. The Kier molecular flexibility index (Phi) is 9.08. The van der Waals surface area contributed by atoms with Crippen LogP contribution in [0.2, 0.25) is 0 Å². The molecule has 0 aromatic carbocycles. The van der Waals surface area contributed by atoms with Gasteiger partial charge in [-0.3, -0.25) is 23.9 Å². The number of hydrogen-bond donors (Lipinski definition) is 3. The molecule has 0 spiro atoms. The summed E-state index contributed by atoms with van der Waals surface area (Å²) < 4.78 is 27.6. The van der Waals surface area contributed by atoms with Crippen molar-refractivity contribution < 1.29 is 27.6 Å². The molecule has 11 heteroatoms. The molecule has 218 valence electrons. The number of fused-ring (bicyclic) bond motifs is 2. The van der Waals surface area contributed by atoms with E-state index in [1.165, 1.54) is 6.92 Å². The number of nitrogens with one attached hydrogen (secondary N) is 3. The Morgan fingerprint density at radius 2 is 1.90 bits per heavy atom. The maximum Gasteiger partial charge on any atom is 0.259 e. The minimum absolute atomic E-state index is 0.0301. The Hall–Kier alpha value is -2.43. The molecule has 4 amide bonds. The number of carbonyl (C=O) groups is 4. The van der Waals surface area contributed by atoms with Crippen molar-refractivity contribution in [1.29, 1.82) is 0 Å². The first-order chi connectivity index (χ1) is 18.5. The van der Waals surface area contributed by atoms with Crippen LogP contribution in [-0.4, -0.2) is 66.4 Å². The van der Waals surface area contributed by atoms with Gasteiger partial charge in [-0.1, -0.05) is 45.3 Å². The minimum Gasteiger partial charge on any atom is -0.344 e. The van der Waals surface area contributed by atoms with Gasteiger partial charge in [0.25, 0.3) is 5.91 Å². The maximum absolute atomic E-state index is 13.8. The smallest absolute Gasteiger partial charge is 0.259 e. The van der Waals surface area contributed by atoms with Crippen molar-refractivity contribution in [3.8, 4) is 0 Å². The fourth-order valence-corrected chi connectivity index (χ4v) is 6.76. The van der Waals surface area contributed by atoms with Gasteiger partial charge in [0.2, 0.25) is 27.7 Å². The second-order valence-electron chi connectivity index (χ2n) is 11.9. The van der Waals surface area contributed by atoms with Crippen molar-refractivity contribution in [2.45, 2.75) is 114 Å². The molecule has 0 bridgehead atoms. The molecule has 4 rings (SSSR count). The first-order valence-electron chi connectivity index (χ1n) is 14.7. The summed E-state index contributed by atoms with van der Waals surface area (Å²) in [6, 6.07) is -1.47. The molecule has 0 aromatic heterocycles. The Morgan fingerprint density at radius 1 is 1.15 bits per heavy atom. The molecule has 3 fully saturated rings. The van der Waals surface area contributed by atoms with Crippen LogP contribution in [0.3, 0.4) is 0 Å². The molecular weight excluding hydrogens is 520 g/mol. The molecule has 2 aliphatic carbocycles. The van der Waals surface area contributed by atoms with Crippen molar-refractivity contribution in [2.24, 2.45) is 17.8 Å². The Morgan fingerprint density at radius 3 is 2.56 bits per heavy atom. The van der Waals surface area contributed by atoms with E-state index in [0.717, 1.165) is 44.9 Å². The van der Waals surface area contributed by atoms with Gasteiger partial charge in [-0.25, -0.2) is 8.42 Å². The molecule has 10 nitrogen and oxygen atoms in total. The zero-order valence-corrected chi connectivity index (χ0v) is 24.2. The highest BCUT2D eigenvalue weighted by Gasteiger charge is 2.61. The monoisotopic (exact) mass is 564 g/mol. The third-order valence-corrected chi connectivity index (χ3v) is 10.8. The first kappa shape index (κ1) is 29.6. The normalized spacial score (nSPS) is 33.5. The minimum atomic E-state index is -3.89. The fraction of sp³-hybridized carbons (Fsp3) is 0.786. The molecule has 2 saturated carbocycles. The van der Waals surface area contributed by atoms with Gasteiger partial charge >= 0.3 is 0 Å². The highest BCUT2D eigenvalue weighted by Crippen LogP contribution is 2.46. The summed E-state index contributed by atoms with van der Waals surface area (Å²) in [5, 5.41) is 5.10. The largest absolute Gasteiger partial charge is 0.344 e. The van der Waals surface area contributed by atoms with Crippen LogP contribution in [0.4, 0.5) is 0 Å². The second kappa shape index (κ2) is 12.0. The van der Waals surface area contributed by atoms with Crippen LogP contribution >= 0.6 is 0 Å². The maximum atomic E-state index is 13.8. The number of sulfonamides is 1. The molecule has 1 saturated heterocycles. The zero-order chi connectivity index (χ0) is 28.4. The van der Waals surface area contributed by atoms with Gasteiger partial charge in [0.15, 0.2) is 0 Å². The van der Waals surface area contributed by atoms with Crippen LogP contribution in [0.25, 0.3) is 0 Å². The highest BCUT2D eigenvalue weighted by atomic mass is 32.2. The van der Waals surface area contributed by atoms with Crippen LogP contribution in [0.5, 0.6) is 0 Å². The van der Waals surface area contributed by atoms with E-state index in [1.807, 2.05) is 19.1 Å². The van der Waals surface area contributed by atoms with Gasteiger partial charge in [0.05, 0.1) is 5.25 Å². The van der Waals surface area contributed by atoms with Gasteiger partial charge < -0.3 is 15.5 Å². The summed E-state index contributed by atoms with van der Waals surface area (Å²) in [5.41, 5.74) is -1.37. The lowest BCUT2D eigenvalue weighted by Crippen LogP contribution is -2.58. The summed E-state index contributed by atoms with van der Waals surface area (Å²) in [6.45, 7) is 5.70. The molecule has 1 unspecified atom stereocenters. The molecule has 0 radical (unpaired) electrons. The average molecular weight is 565 g/mol. The molecule has 3 N–H and O–H groups in total. The lowest BCUT2D eigenvalue weighted by molar-refractivity contribution is -0.142. The third-order valence-electron chi connectivity index (χ3n) is 8.95. The Bertz CT molecular complexity index is 1100. The van der Waals surface area contributed by atoms with Crippen molar-refractivity contribution in [3.63, 3.8) is 0 Å². The predicted octanol–water partition coefficient (Wildman–Crippen LogP) is 2.15. The Labute approximate surface area is 232 Å². The van der Waals surface area contributed by atoms with E-state index in [4.69, 9.17) is 0 Å². The third kappa shape index (κ3) is 6.66. The van der Waals surface area contributed by atoms with E-state index in [2.05, 4.69) is 15.4 Å². The van der Waals surface area contributed by atoms with Gasteiger partial charge in [-0.15, -0.1) is 0 Å². The molecule has 2 aliphatic heterocycles. The molecule has 0 aromatic rings. The second-order valence-corrected chi connectivity index (χ2v) is 14.0. The van der Waals surface area contributed by atoms with E-state index in [9.17, 15) is 27.6 Å². The average Bonchev–Trinajstić information content (AvgIpc) is 3.82. The van der Waals surface area contributed by atoms with Gasteiger partial charge in [0, 0.05) is 18.4 Å². The number of rotatable bonds is 7. The highest BCUT2D eigenvalue weighted by molar-refractivity contribution is 7.90. The van der Waals surface area contributed by atoms with Crippen molar-refractivity contribution in [3.05, 3.63) is 12.2 Å². The van der Waals surface area contributed by atoms with E-state index >= 15 is 0 Å². The summed E-state index contributed by atoms with van der Waals surface area (Å²) in [4.78, 5) is 55.1. The first-order valence-corrected chi connectivity index (χ1v) is 16.2. The van der Waals surface area contributed by atoms with Gasteiger partial charge in [0.1, 0.15) is 17.6 Å². The number of hydrogen-bond acceptors (Lipinski definition) is 6. The van der Waals surface area contributed by atoms with E-state index in [0.29, 0.717) is 32.2 Å². The quantitative estimate of drug-likeness (QED) is 0.405. The van der Waals surface area contributed by atoms with Crippen molar-refractivity contribution >= 4 is 33.7 Å². The van der Waals surface area contributed by atoms with Crippen LogP contribution in [-0.2, 0) is 29.2 Å². The number of carbonyl (C=O) groups excluding carboxylic acids is 4. The molecule has 39 heavy (non-hydrogen) atoms. The summed E-state index contributed by atoms with van der Waals surface area (Å²) in [7, 11) is -3.89. The summed E-state index contributed by atoms with van der Waals surface area (Å²) in [5.74, 6) is -1.76. The number of amides is 4. The summed E-state index contributed by atoms with van der Waals surface area (Å²) >= 11 is 0. The SMILES string of the molecule is CCC(C)S(=O)(=O)NC(=O)[C@@]12C[C@H]1/C=C\CCCCC[C@H](NC(=O)C1CC1)C(=O)N1C[C@H](CC)C[C@H]1C(=O)N2. The van der Waals surface area contributed by atoms with Crippen LogP contribution in [0.15, 0.2) is 12.2 Å². The van der Waals surface area contributed by atoms with Gasteiger partial charge in [-0.2, -0.15) is 0 Å². The lowest BCUT2D eigenvalue weighted by Gasteiger charge is -2.30. The van der Waals surface area contributed by atoms with Gasteiger partial charge in [-0.05, 0) is 64.2 Å². The van der Waals surface area contributed by atoms with E-state index in [1.54, 1.807) is 11.8 Å². The van der Waals surface area contributed by atoms with E-state index in [-0.39, 0.29) is 29.6 Å². The molecule has 4 aliphatic rings. The predicted molar refractivity (Wildman–Crippen MR) is 147 cm³/mol. The summed E-state index contributed by atoms with van der Waals surface area (Å²) in [6.07, 6.45) is 11.3. The number of nitrogens with zero attached hydrogens (tertiary/aromatic N) is 1. The van der Waals surface area contributed by atoms with Crippen LogP contribution in [0, 0.1) is 17.8 Å². The van der Waals surface area contributed by atoms with Crippen LogP contribution < -0.4 is 15.4 Å². The van der Waals surface area contributed by atoms with Crippen molar-refractivity contribution in [2.75, 3.05) is 6.54 Å². The van der Waals surface area contributed by atoms with Crippen LogP contribution in [0.1, 0.15) is 91.4 Å². The molecule has 2 heterocycles. The molecule has 6 atom stereocenters. The van der Waals surface area contributed by atoms with E-state index < -0.39 is 44.7 Å². The Balaban J connectivity index is 1.60. The topological polar surface area (TPSA) is 142 Å². The molecular formula is C28H44N4O6S. The number of allylic oxidation sites excluding steroid dienone is 1.